The average Bonchev–Trinajstić information content (AvgIpc) is 3.18. The van der Waals surface area contributed by atoms with E-state index in [4.69, 9.17) is 14.9 Å². The van der Waals surface area contributed by atoms with Gasteiger partial charge in [0.25, 0.3) is 0 Å². The number of aliphatic hydroxyl groups excluding tert-OH is 1. The fraction of sp³-hybridized carbons (Fsp3) is 0.532. The number of carboxylic acids is 1. The highest BCUT2D eigenvalue weighted by atomic mass is 16.5. The van der Waals surface area contributed by atoms with Crippen LogP contribution < -0.4 is 10.6 Å². The molecule has 2 unspecified atom stereocenters. The molecular formula is C47H72N2O7. The molecule has 0 saturated carbocycles. The molecule has 0 rings (SSSR count). The fourth-order valence-electron chi connectivity index (χ4n) is 5.12. The molecule has 0 aliphatic rings. The van der Waals surface area contributed by atoms with Gasteiger partial charge in [-0.3, -0.25) is 14.4 Å². The number of amides is 2. The Kier molecular flexibility index (Phi) is 36.9. The maximum atomic E-state index is 12.7. The topological polar surface area (TPSA) is 142 Å². The van der Waals surface area contributed by atoms with E-state index in [1.807, 2.05) is 12.2 Å². The number of carbonyl (C=O) groups excluding carboxylic acids is 3. The first-order valence-corrected chi connectivity index (χ1v) is 20.8. The summed E-state index contributed by atoms with van der Waals surface area (Å²) in [4.78, 5) is 47.8. The molecule has 2 amide bonds. The molecular weight excluding hydrogens is 705 g/mol. The van der Waals surface area contributed by atoms with E-state index >= 15 is 0 Å². The highest BCUT2D eigenvalue weighted by Crippen LogP contribution is 2.13. The number of aliphatic hydroxyl groups is 1. The summed E-state index contributed by atoms with van der Waals surface area (Å²) in [7, 11) is 0. The Bertz CT molecular complexity index is 1300. The standard InChI is InChI=1S/C47H72N2O7/c1-3-5-7-9-11-13-15-17-19-20-21-23-25-27-29-31-33-39-46(53)56-42(36-32-30-28-26-24-22-18-16-14-12-10-8-6-4-2)37-34-35-38-44(51)48-40-45(52)49-43(41-50)47(54)55/h5-8,11-14,17-19,21-23,26,28,32,36,42-43,50H,3-4,9-10,15-16,20,24-25,27,29-31,33-35,37-41H2,1-2H3,(H,48,51)(H,49,52)(H,54,55)/b7-5-,8-6-,13-11-,14-12-,19-17-,22-18-,23-21-,28-26-,36-32-. The number of rotatable bonds is 35. The van der Waals surface area contributed by atoms with Crippen molar-refractivity contribution in [3.63, 3.8) is 0 Å². The van der Waals surface area contributed by atoms with Crippen molar-refractivity contribution < 1.29 is 34.1 Å². The molecule has 4 N–H and O–H groups in total. The summed E-state index contributed by atoms with van der Waals surface area (Å²) < 4.78 is 5.83. The SMILES string of the molecule is CC/C=C\C/C=C\C/C=C\C/C=C\C/C=C\C(CCCCC(=O)NCC(=O)NC(CO)C(=O)O)OC(=O)CCCCCC/C=C\C/C=C\C/C=C\C/C=C\CC. The van der Waals surface area contributed by atoms with Crippen LogP contribution in [0.1, 0.15) is 136 Å². The third kappa shape index (κ3) is 36.5. The first-order chi connectivity index (χ1) is 27.3. The quantitative estimate of drug-likeness (QED) is 0.0285. The summed E-state index contributed by atoms with van der Waals surface area (Å²) >= 11 is 0. The van der Waals surface area contributed by atoms with Crippen molar-refractivity contribution in [2.45, 2.75) is 148 Å². The van der Waals surface area contributed by atoms with Crippen LogP contribution in [0, 0.1) is 0 Å². The molecule has 0 aromatic carbocycles. The van der Waals surface area contributed by atoms with Gasteiger partial charge in [0.05, 0.1) is 13.2 Å². The highest BCUT2D eigenvalue weighted by Gasteiger charge is 2.19. The molecule has 0 aromatic heterocycles. The van der Waals surface area contributed by atoms with Gasteiger partial charge >= 0.3 is 11.9 Å². The van der Waals surface area contributed by atoms with Crippen LogP contribution in [-0.2, 0) is 23.9 Å². The van der Waals surface area contributed by atoms with Crippen molar-refractivity contribution in [2.24, 2.45) is 0 Å². The lowest BCUT2D eigenvalue weighted by Gasteiger charge is -2.15. The van der Waals surface area contributed by atoms with Gasteiger partial charge in [0.1, 0.15) is 12.1 Å². The first kappa shape index (κ1) is 51.5. The van der Waals surface area contributed by atoms with Crippen LogP contribution in [0.4, 0.5) is 0 Å². The molecule has 0 saturated heterocycles. The van der Waals surface area contributed by atoms with E-state index in [9.17, 15) is 19.2 Å². The summed E-state index contributed by atoms with van der Waals surface area (Å²) in [5.74, 6) is -2.62. The summed E-state index contributed by atoms with van der Waals surface area (Å²) in [5.41, 5.74) is 0. The van der Waals surface area contributed by atoms with Gasteiger partial charge in [0.15, 0.2) is 0 Å². The predicted octanol–water partition coefficient (Wildman–Crippen LogP) is 10.0. The molecule has 0 fully saturated rings. The molecule has 0 bridgehead atoms. The Labute approximate surface area is 338 Å². The van der Waals surface area contributed by atoms with Crippen LogP contribution in [0.15, 0.2) is 109 Å². The van der Waals surface area contributed by atoms with Gasteiger partial charge < -0.3 is 25.6 Å². The van der Waals surface area contributed by atoms with Crippen molar-refractivity contribution in [2.75, 3.05) is 13.2 Å². The minimum atomic E-state index is -1.42. The second kappa shape index (κ2) is 40.2. The number of allylic oxidation sites excluding steroid dienone is 17. The molecule has 0 aliphatic heterocycles. The Balaban J connectivity index is 4.63. The number of hydrogen-bond donors (Lipinski definition) is 4. The lowest BCUT2D eigenvalue weighted by Crippen LogP contribution is -2.47. The summed E-state index contributed by atoms with van der Waals surface area (Å²) in [5, 5.41) is 22.6. The Morgan fingerprint density at radius 1 is 0.554 bits per heavy atom. The van der Waals surface area contributed by atoms with Gasteiger partial charge in [-0.25, -0.2) is 4.79 Å². The smallest absolute Gasteiger partial charge is 0.328 e. The number of unbranched alkanes of at least 4 members (excludes halogenated alkanes) is 5. The van der Waals surface area contributed by atoms with E-state index in [-0.39, 0.29) is 24.8 Å². The second-order valence-electron chi connectivity index (χ2n) is 13.3. The zero-order valence-electron chi connectivity index (χ0n) is 34.3. The maximum absolute atomic E-state index is 12.7. The van der Waals surface area contributed by atoms with Gasteiger partial charge in [0.2, 0.25) is 11.8 Å². The summed E-state index contributed by atoms with van der Waals surface area (Å²) in [6.07, 6.45) is 54.0. The van der Waals surface area contributed by atoms with Crippen molar-refractivity contribution >= 4 is 23.8 Å². The summed E-state index contributed by atoms with van der Waals surface area (Å²) in [6.45, 7) is 3.14. The van der Waals surface area contributed by atoms with E-state index in [1.54, 1.807) is 0 Å². The van der Waals surface area contributed by atoms with Crippen LogP contribution in [0.5, 0.6) is 0 Å². The first-order valence-electron chi connectivity index (χ1n) is 20.8. The average molecular weight is 777 g/mol. The van der Waals surface area contributed by atoms with Gasteiger partial charge in [-0.15, -0.1) is 0 Å². The zero-order valence-corrected chi connectivity index (χ0v) is 34.3. The summed E-state index contributed by atoms with van der Waals surface area (Å²) in [6, 6.07) is -1.42. The van der Waals surface area contributed by atoms with Crippen molar-refractivity contribution in [3.8, 4) is 0 Å². The van der Waals surface area contributed by atoms with Crippen molar-refractivity contribution in [1.82, 2.24) is 10.6 Å². The monoisotopic (exact) mass is 777 g/mol. The zero-order chi connectivity index (χ0) is 41.2. The van der Waals surface area contributed by atoms with Gasteiger partial charge in [-0.2, -0.15) is 0 Å². The number of aliphatic carboxylic acids is 1. The normalized spacial score (nSPS) is 13.6. The Hall–Kier alpha value is -4.50. The molecule has 9 heteroatoms. The number of esters is 1. The van der Waals surface area contributed by atoms with E-state index < -0.39 is 30.6 Å². The van der Waals surface area contributed by atoms with Crippen LogP contribution in [-0.4, -0.2) is 59.3 Å². The molecule has 0 aromatic rings. The molecule has 0 radical (unpaired) electrons. The van der Waals surface area contributed by atoms with E-state index in [2.05, 4.69) is 122 Å². The van der Waals surface area contributed by atoms with Crippen molar-refractivity contribution in [3.05, 3.63) is 109 Å². The maximum Gasteiger partial charge on any atom is 0.328 e. The van der Waals surface area contributed by atoms with Crippen molar-refractivity contribution in [1.29, 1.82) is 0 Å². The number of hydrogen-bond acceptors (Lipinski definition) is 6. The molecule has 0 spiro atoms. The van der Waals surface area contributed by atoms with Crippen LogP contribution in [0.25, 0.3) is 0 Å². The van der Waals surface area contributed by atoms with Crippen LogP contribution in [0.3, 0.4) is 0 Å². The van der Waals surface area contributed by atoms with E-state index in [1.165, 1.54) is 0 Å². The second-order valence-corrected chi connectivity index (χ2v) is 13.3. The molecule has 0 aliphatic carbocycles. The molecule has 312 valence electrons. The van der Waals surface area contributed by atoms with E-state index in [0.29, 0.717) is 32.1 Å². The van der Waals surface area contributed by atoms with Gasteiger partial charge in [-0.1, -0.05) is 130 Å². The fourth-order valence-corrected chi connectivity index (χ4v) is 5.12. The molecule has 9 nitrogen and oxygen atoms in total. The third-order valence-electron chi connectivity index (χ3n) is 8.25. The Morgan fingerprint density at radius 2 is 1.02 bits per heavy atom. The van der Waals surface area contributed by atoms with Crippen LogP contribution >= 0.6 is 0 Å². The van der Waals surface area contributed by atoms with E-state index in [0.717, 1.165) is 83.5 Å². The predicted molar refractivity (Wildman–Crippen MR) is 231 cm³/mol. The number of ether oxygens (including phenoxy) is 1. The van der Waals surface area contributed by atoms with Gasteiger partial charge in [-0.05, 0) is 102 Å². The lowest BCUT2D eigenvalue weighted by molar-refractivity contribution is -0.147. The number of carboxylic acid groups (broad SMARTS) is 1. The highest BCUT2D eigenvalue weighted by molar-refractivity contribution is 5.87. The molecule has 2 atom stereocenters. The number of nitrogens with one attached hydrogen (secondary N) is 2. The lowest BCUT2D eigenvalue weighted by atomic mass is 10.1. The molecule has 0 heterocycles. The van der Waals surface area contributed by atoms with Crippen LogP contribution in [0.2, 0.25) is 0 Å². The molecule has 56 heavy (non-hydrogen) atoms. The minimum absolute atomic E-state index is 0.170. The largest absolute Gasteiger partial charge is 0.480 e. The van der Waals surface area contributed by atoms with Gasteiger partial charge in [0, 0.05) is 12.8 Å². The number of carbonyl (C=O) groups is 4. The third-order valence-corrected chi connectivity index (χ3v) is 8.25. The minimum Gasteiger partial charge on any atom is -0.480 e. The Morgan fingerprint density at radius 3 is 1.52 bits per heavy atom.